The Morgan fingerprint density at radius 1 is 1.00 bits per heavy atom. The zero-order valence-corrected chi connectivity index (χ0v) is 17.3. The molecule has 0 saturated carbocycles. The Hall–Kier alpha value is -0.740. The first-order valence-corrected chi connectivity index (χ1v) is 9.20. The summed E-state index contributed by atoms with van der Waals surface area (Å²) in [5, 5.41) is 3.66. The zero-order chi connectivity index (χ0) is 17.7. The molecule has 0 aliphatic heterocycles. The number of rotatable bonds is 8. The zero-order valence-electron chi connectivity index (χ0n) is 15.7. The fourth-order valence-corrected chi connectivity index (χ4v) is 3.60. The van der Waals surface area contributed by atoms with Gasteiger partial charge in [0.15, 0.2) is 11.5 Å². The predicted octanol–water partition coefficient (Wildman–Crippen LogP) is 5.55. The normalized spacial score (nSPS) is 12.3. The van der Waals surface area contributed by atoms with Crippen molar-refractivity contribution in [3.63, 3.8) is 0 Å². The Labute approximate surface area is 150 Å². The molecule has 0 saturated heterocycles. The topological polar surface area (TPSA) is 30.5 Å². The highest BCUT2D eigenvalue weighted by Gasteiger charge is 2.25. The van der Waals surface area contributed by atoms with Crippen molar-refractivity contribution in [3.05, 3.63) is 22.2 Å². The molecular weight excluding hydrogens is 354 g/mol. The van der Waals surface area contributed by atoms with Crippen molar-refractivity contribution < 1.29 is 9.47 Å². The first-order chi connectivity index (χ1) is 10.6. The monoisotopic (exact) mass is 385 g/mol. The minimum atomic E-state index is 0.0785. The van der Waals surface area contributed by atoms with E-state index in [4.69, 9.17) is 9.47 Å². The first-order valence-electron chi connectivity index (χ1n) is 8.41. The molecule has 0 aliphatic carbocycles. The van der Waals surface area contributed by atoms with E-state index in [0.717, 1.165) is 28.9 Å². The highest BCUT2D eigenvalue weighted by atomic mass is 79.9. The van der Waals surface area contributed by atoms with Crippen molar-refractivity contribution in [3.8, 4) is 11.5 Å². The van der Waals surface area contributed by atoms with Crippen molar-refractivity contribution in [1.29, 1.82) is 0 Å². The van der Waals surface area contributed by atoms with Crippen molar-refractivity contribution >= 4 is 15.9 Å². The molecule has 0 aromatic heterocycles. The van der Waals surface area contributed by atoms with E-state index < -0.39 is 0 Å². The number of benzene rings is 1. The van der Waals surface area contributed by atoms with E-state index in [-0.39, 0.29) is 5.54 Å². The van der Waals surface area contributed by atoms with Crippen molar-refractivity contribution in [1.82, 2.24) is 5.32 Å². The van der Waals surface area contributed by atoms with Crippen LogP contribution < -0.4 is 14.8 Å². The fourth-order valence-electron chi connectivity index (χ4n) is 3.00. The highest BCUT2D eigenvalue weighted by molar-refractivity contribution is 9.10. The van der Waals surface area contributed by atoms with Gasteiger partial charge in [-0.25, -0.2) is 0 Å². The molecule has 0 bridgehead atoms. The molecular formula is C19H32BrNO2. The van der Waals surface area contributed by atoms with Gasteiger partial charge in [0.1, 0.15) is 0 Å². The maximum absolute atomic E-state index is 5.74. The van der Waals surface area contributed by atoms with Crippen LogP contribution in [-0.2, 0) is 6.54 Å². The lowest BCUT2D eigenvalue weighted by Crippen LogP contribution is -2.41. The van der Waals surface area contributed by atoms with Gasteiger partial charge >= 0.3 is 0 Å². The second kappa shape index (κ2) is 8.39. The minimum Gasteiger partial charge on any atom is -0.490 e. The fraction of sp³-hybridized carbons (Fsp3) is 0.684. The molecule has 23 heavy (non-hydrogen) atoms. The molecule has 0 fully saturated rings. The molecule has 1 aromatic rings. The van der Waals surface area contributed by atoms with Gasteiger partial charge in [-0.2, -0.15) is 0 Å². The van der Waals surface area contributed by atoms with Crippen LogP contribution in [0.4, 0.5) is 0 Å². The van der Waals surface area contributed by atoms with Gasteiger partial charge in [0.05, 0.1) is 17.7 Å². The van der Waals surface area contributed by atoms with Crippen molar-refractivity contribution in [2.75, 3.05) is 13.2 Å². The number of nitrogens with one attached hydrogen (secondary N) is 1. The summed E-state index contributed by atoms with van der Waals surface area (Å²) in [5.74, 6) is 1.58. The van der Waals surface area contributed by atoms with E-state index in [0.29, 0.717) is 18.6 Å². The molecule has 0 spiro atoms. The third-order valence-electron chi connectivity index (χ3n) is 3.40. The summed E-state index contributed by atoms with van der Waals surface area (Å²) in [6, 6.07) is 4.17. The van der Waals surface area contributed by atoms with E-state index in [9.17, 15) is 0 Å². The highest BCUT2D eigenvalue weighted by Crippen LogP contribution is 2.37. The minimum absolute atomic E-state index is 0.0785. The van der Waals surface area contributed by atoms with Crippen LogP contribution >= 0.6 is 15.9 Å². The number of halogens is 1. The molecule has 0 unspecified atom stereocenters. The Balaban J connectivity index is 2.88. The van der Waals surface area contributed by atoms with Crippen LogP contribution in [0.3, 0.4) is 0 Å². The van der Waals surface area contributed by atoms with Gasteiger partial charge in [0.2, 0.25) is 0 Å². The summed E-state index contributed by atoms with van der Waals surface area (Å²) in [5.41, 5.74) is 1.56. The van der Waals surface area contributed by atoms with Gasteiger partial charge in [0, 0.05) is 12.1 Å². The second-order valence-corrected chi connectivity index (χ2v) is 8.60. The maximum atomic E-state index is 5.74. The van der Waals surface area contributed by atoms with Gasteiger partial charge < -0.3 is 14.8 Å². The van der Waals surface area contributed by atoms with E-state index in [1.807, 2.05) is 13.8 Å². The van der Waals surface area contributed by atoms with Gasteiger partial charge in [-0.3, -0.25) is 0 Å². The van der Waals surface area contributed by atoms with Crippen LogP contribution in [0.2, 0.25) is 0 Å². The largest absolute Gasteiger partial charge is 0.490 e. The second-order valence-electron chi connectivity index (χ2n) is 7.75. The van der Waals surface area contributed by atoms with Crippen LogP contribution in [0.25, 0.3) is 0 Å². The van der Waals surface area contributed by atoms with Crippen LogP contribution in [-0.4, -0.2) is 18.8 Å². The Bertz CT molecular complexity index is 507. The summed E-state index contributed by atoms with van der Waals surface area (Å²) < 4.78 is 12.4. The van der Waals surface area contributed by atoms with Crippen LogP contribution in [0.1, 0.15) is 60.5 Å². The van der Waals surface area contributed by atoms with Gasteiger partial charge in [0.25, 0.3) is 0 Å². The summed E-state index contributed by atoms with van der Waals surface area (Å²) in [6.07, 6.45) is 1.11. The molecule has 0 heterocycles. The summed E-state index contributed by atoms with van der Waals surface area (Å²) in [4.78, 5) is 0. The molecule has 3 nitrogen and oxygen atoms in total. The molecule has 4 heteroatoms. The molecule has 1 aromatic carbocycles. The average molecular weight is 386 g/mol. The number of hydrogen-bond acceptors (Lipinski definition) is 3. The molecule has 0 aliphatic rings. The average Bonchev–Trinajstić information content (AvgIpc) is 2.38. The molecule has 0 radical (unpaired) electrons. The predicted molar refractivity (Wildman–Crippen MR) is 101 cm³/mol. The maximum Gasteiger partial charge on any atom is 0.175 e. The number of hydrogen-bond donors (Lipinski definition) is 1. The lowest BCUT2D eigenvalue weighted by atomic mass is 9.82. The summed E-state index contributed by atoms with van der Waals surface area (Å²) >= 11 is 3.61. The lowest BCUT2D eigenvalue weighted by Gasteiger charge is -2.33. The molecule has 0 amide bonds. The summed E-state index contributed by atoms with van der Waals surface area (Å²) in [6.45, 7) is 17.3. The van der Waals surface area contributed by atoms with Gasteiger partial charge in [-0.1, -0.05) is 20.8 Å². The van der Waals surface area contributed by atoms with Crippen LogP contribution in [0.5, 0.6) is 11.5 Å². The van der Waals surface area contributed by atoms with E-state index in [2.05, 4.69) is 68.0 Å². The third kappa shape index (κ3) is 7.13. The lowest BCUT2D eigenvalue weighted by molar-refractivity contribution is 0.240. The number of ether oxygens (including phenoxy) is 2. The SMILES string of the molecule is CCOc1cc(CNC(C)(C)CC(C)(C)C)cc(Br)c1OCC. The van der Waals surface area contributed by atoms with E-state index in [1.165, 1.54) is 5.56 Å². The molecule has 1 rings (SSSR count). The van der Waals surface area contributed by atoms with Crippen molar-refractivity contribution in [2.24, 2.45) is 5.41 Å². The molecule has 0 atom stereocenters. The summed E-state index contributed by atoms with van der Waals surface area (Å²) in [7, 11) is 0. The molecule has 1 N–H and O–H groups in total. The van der Waals surface area contributed by atoms with Crippen LogP contribution in [0.15, 0.2) is 16.6 Å². The van der Waals surface area contributed by atoms with E-state index in [1.54, 1.807) is 0 Å². The van der Waals surface area contributed by atoms with Crippen molar-refractivity contribution in [2.45, 2.75) is 67.0 Å². The first kappa shape index (κ1) is 20.3. The Morgan fingerprint density at radius 2 is 1.61 bits per heavy atom. The third-order valence-corrected chi connectivity index (χ3v) is 3.99. The molecule has 132 valence electrons. The Kier molecular flexibility index (Phi) is 7.40. The van der Waals surface area contributed by atoms with Crippen LogP contribution in [0, 0.1) is 5.41 Å². The van der Waals surface area contributed by atoms with Gasteiger partial charge in [-0.15, -0.1) is 0 Å². The van der Waals surface area contributed by atoms with Gasteiger partial charge in [-0.05, 0) is 73.2 Å². The quantitative estimate of drug-likeness (QED) is 0.635. The standard InChI is InChI=1S/C19H32BrNO2/c1-8-22-16-11-14(10-15(20)17(16)23-9-2)12-21-19(6,7)13-18(3,4)5/h10-11,21H,8-9,12-13H2,1-7H3. The Morgan fingerprint density at radius 3 is 2.13 bits per heavy atom. The van der Waals surface area contributed by atoms with E-state index >= 15 is 0 Å². The smallest absolute Gasteiger partial charge is 0.175 e.